The predicted octanol–water partition coefficient (Wildman–Crippen LogP) is 2.99. The second-order valence-corrected chi connectivity index (χ2v) is 6.31. The van der Waals surface area contributed by atoms with E-state index in [1.807, 2.05) is 0 Å². The molecule has 1 aromatic rings. The van der Waals surface area contributed by atoms with E-state index in [0.29, 0.717) is 5.19 Å². The quantitative estimate of drug-likeness (QED) is 0.851. The van der Waals surface area contributed by atoms with Crippen LogP contribution >= 0.6 is 11.3 Å². The first-order valence-electron chi connectivity index (χ1n) is 6.15. The molecule has 1 aromatic heterocycles. The topological polar surface area (TPSA) is 47.0 Å². The van der Waals surface area contributed by atoms with Gasteiger partial charge in [0.05, 0.1) is 12.6 Å². The average Bonchev–Trinajstić information content (AvgIpc) is 2.62. The highest BCUT2D eigenvalue weighted by Gasteiger charge is 2.12. The Morgan fingerprint density at radius 1 is 1.35 bits per heavy atom. The molecular weight excluding hydrogens is 234 g/mol. The van der Waals surface area contributed by atoms with Gasteiger partial charge in [0.25, 0.3) is 5.19 Å². The summed E-state index contributed by atoms with van der Waals surface area (Å²) in [6, 6.07) is 0. The molecule has 0 fully saturated rings. The summed E-state index contributed by atoms with van der Waals surface area (Å²) in [6.07, 6.45) is 2.39. The second kappa shape index (κ2) is 6.31. The van der Waals surface area contributed by atoms with E-state index >= 15 is 0 Å². The van der Waals surface area contributed by atoms with Gasteiger partial charge < -0.3 is 10.1 Å². The largest absolute Gasteiger partial charge is 0.466 e. The summed E-state index contributed by atoms with van der Waals surface area (Å²) in [4.78, 5) is 0. The number of aromatic nitrogens is 2. The summed E-state index contributed by atoms with van der Waals surface area (Å²) in [5, 5.41) is 13.2. The number of hydrogen-bond donors (Lipinski definition) is 1. The second-order valence-electron chi connectivity index (χ2n) is 5.28. The third kappa shape index (κ3) is 5.98. The first-order valence-corrected chi connectivity index (χ1v) is 6.96. The fraction of sp³-hybridized carbons (Fsp3) is 0.833. The number of ether oxygens (including phenoxy) is 1. The van der Waals surface area contributed by atoms with Crippen molar-refractivity contribution in [2.75, 3.05) is 0 Å². The van der Waals surface area contributed by atoms with E-state index in [4.69, 9.17) is 4.74 Å². The van der Waals surface area contributed by atoms with Crippen LogP contribution in [0.1, 0.15) is 52.5 Å². The highest BCUT2D eigenvalue weighted by molar-refractivity contribution is 7.13. The fourth-order valence-electron chi connectivity index (χ4n) is 1.34. The zero-order valence-electron chi connectivity index (χ0n) is 11.4. The molecule has 0 radical (unpaired) electrons. The van der Waals surface area contributed by atoms with E-state index < -0.39 is 0 Å². The molecule has 0 aliphatic carbocycles. The van der Waals surface area contributed by atoms with Crippen molar-refractivity contribution in [1.82, 2.24) is 15.5 Å². The van der Waals surface area contributed by atoms with Crippen LogP contribution in [0.15, 0.2) is 0 Å². The van der Waals surface area contributed by atoms with E-state index in [-0.39, 0.29) is 11.6 Å². The van der Waals surface area contributed by atoms with Gasteiger partial charge in [0.2, 0.25) is 0 Å². The van der Waals surface area contributed by atoms with Crippen molar-refractivity contribution in [1.29, 1.82) is 0 Å². The molecule has 17 heavy (non-hydrogen) atoms. The third-order valence-corrected chi connectivity index (χ3v) is 3.03. The van der Waals surface area contributed by atoms with Crippen molar-refractivity contribution in [3.8, 4) is 5.19 Å². The Bertz CT molecular complexity index is 333. The number of hydrogen-bond acceptors (Lipinski definition) is 5. The summed E-state index contributed by atoms with van der Waals surface area (Å²) in [5.74, 6) is 0. The molecule has 1 heterocycles. The molecule has 0 saturated carbocycles. The maximum atomic E-state index is 5.68. The van der Waals surface area contributed by atoms with Crippen LogP contribution in [0.5, 0.6) is 5.19 Å². The molecular formula is C12H23N3OS. The Morgan fingerprint density at radius 3 is 2.65 bits per heavy atom. The van der Waals surface area contributed by atoms with Crippen LogP contribution in [0.2, 0.25) is 0 Å². The zero-order chi connectivity index (χ0) is 12.9. The molecule has 1 unspecified atom stereocenters. The lowest BCUT2D eigenvalue weighted by Gasteiger charge is -2.19. The first-order chi connectivity index (χ1) is 7.90. The molecule has 0 saturated heterocycles. The minimum atomic E-state index is 0.0994. The molecule has 1 rings (SSSR count). The molecule has 0 aromatic carbocycles. The zero-order valence-corrected chi connectivity index (χ0v) is 12.2. The van der Waals surface area contributed by atoms with Crippen molar-refractivity contribution < 1.29 is 4.74 Å². The summed E-state index contributed by atoms with van der Waals surface area (Å²) in [6.45, 7) is 11.4. The van der Waals surface area contributed by atoms with Crippen LogP contribution in [-0.2, 0) is 6.54 Å². The van der Waals surface area contributed by atoms with E-state index in [9.17, 15) is 0 Å². The average molecular weight is 257 g/mol. The normalized spacial score (nSPS) is 13.7. The van der Waals surface area contributed by atoms with Gasteiger partial charge in [0.15, 0.2) is 0 Å². The highest BCUT2D eigenvalue weighted by atomic mass is 32.1. The van der Waals surface area contributed by atoms with Gasteiger partial charge in [-0.25, -0.2) is 0 Å². The molecule has 4 nitrogen and oxygen atoms in total. The van der Waals surface area contributed by atoms with E-state index in [2.05, 4.69) is 50.1 Å². The molecule has 1 atom stereocenters. The Kier molecular flexibility index (Phi) is 5.33. The first kappa shape index (κ1) is 14.4. The van der Waals surface area contributed by atoms with Gasteiger partial charge >= 0.3 is 0 Å². The van der Waals surface area contributed by atoms with Crippen LogP contribution in [-0.4, -0.2) is 21.8 Å². The van der Waals surface area contributed by atoms with E-state index in [1.54, 1.807) is 0 Å². The van der Waals surface area contributed by atoms with Gasteiger partial charge in [-0.1, -0.05) is 29.8 Å². The monoisotopic (exact) mass is 257 g/mol. The van der Waals surface area contributed by atoms with Gasteiger partial charge in [0, 0.05) is 5.54 Å². The van der Waals surface area contributed by atoms with Gasteiger partial charge in [-0.05, 0) is 34.1 Å². The van der Waals surface area contributed by atoms with Crippen LogP contribution in [0, 0.1) is 0 Å². The summed E-state index contributed by atoms with van der Waals surface area (Å²) >= 11 is 1.52. The molecule has 0 aliphatic rings. The minimum Gasteiger partial charge on any atom is -0.466 e. The smallest absolute Gasteiger partial charge is 0.294 e. The predicted molar refractivity (Wildman–Crippen MR) is 71.5 cm³/mol. The van der Waals surface area contributed by atoms with Gasteiger partial charge in [-0.3, -0.25) is 0 Å². The Morgan fingerprint density at radius 2 is 2.06 bits per heavy atom. The lowest BCUT2D eigenvalue weighted by atomic mass is 10.1. The van der Waals surface area contributed by atoms with Crippen LogP contribution in [0.3, 0.4) is 0 Å². The Balaban J connectivity index is 2.42. The maximum Gasteiger partial charge on any atom is 0.294 e. The van der Waals surface area contributed by atoms with Crippen molar-refractivity contribution in [2.45, 2.75) is 65.6 Å². The van der Waals surface area contributed by atoms with Crippen LogP contribution in [0.25, 0.3) is 0 Å². The third-order valence-electron chi connectivity index (χ3n) is 2.22. The summed E-state index contributed by atoms with van der Waals surface area (Å²) in [5.41, 5.74) is 0.0994. The van der Waals surface area contributed by atoms with E-state index in [0.717, 1.165) is 24.4 Å². The Hall–Kier alpha value is -0.680. The van der Waals surface area contributed by atoms with Gasteiger partial charge in [-0.2, -0.15) is 0 Å². The van der Waals surface area contributed by atoms with E-state index in [1.165, 1.54) is 11.3 Å². The van der Waals surface area contributed by atoms with Crippen molar-refractivity contribution >= 4 is 11.3 Å². The van der Waals surface area contributed by atoms with Crippen molar-refractivity contribution in [2.24, 2.45) is 0 Å². The molecule has 0 aliphatic heterocycles. The van der Waals surface area contributed by atoms with Crippen molar-refractivity contribution in [3.05, 3.63) is 5.01 Å². The fourth-order valence-corrected chi connectivity index (χ4v) is 2.06. The number of nitrogens with zero attached hydrogens (tertiary/aromatic N) is 2. The van der Waals surface area contributed by atoms with Gasteiger partial charge in [0.1, 0.15) is 5.01 Å². The maximum absolute atomic E-state index is 5.68. The van der Waals surface area contributed by atoms with Crippen molar-refractivity contribution in [3.63, 3.8) is 0 Å². The minimum absolute atomic E-state index is 0.0994. The number of rotatable bonds is 6. The summed E-state index contributed by atoms with van der Waals surface area (Å²) in [7, 11) is 0. The Labute approximate surface area is 108 Å². The number of nitrogens with one attached hydrogen (secondary N) is 1. The standard InChI is InChI=1S/C12H23N3OS/c1-6-7-9(2)16-11-15-14-10(17-11)8-13-12(3,4)5/h9,13H,6-8H2,1-5H3. The summed E-state index contributed by atoms with van der Waals surface area (Å²) < 4.78 is 5.68. The molecule has 5 heteroatoms. The molecule has 0 amide bonds. The highest BCUT2D eigenvalue weighted by Crippen LogP contribution is 2.20. The van der Waals surface area contributed by atoms with Crippen LogP contribution in [0.4, 0.5) is 0 Å². The van der Waals surface area contributed by atoms with Gasteiger partial charge in [-0.15, -0.1) is 5.10 Å². The lowest BCUT2D eigenvalue weighted by Crippen LogP contribution is -2.35. The molecule has 98 valence electrons. The molecule has 0 bridgehead atoms. The lowest BCUT2D eigenvalue weighted by molar-refractivity contribution is 0.207. The van der Waals surface area contributed by atoms with Crippen LogP contribution < -0.4 is 10.1 Å². The molecule has 0 spiro atoms. The SMILES string of the molecule is CCCC(C)Oc1nnc(CNC(C)(C)C)s1. The molecule has 1 N–H and O–H groups in total.